The lowest BCUT2D eigenvalue weighted by atomic mass is 9.90. The summed E-state index contributed by atoms with van der Waals surface area (Å²) >= 11 is 0. The van der Waals surface area contributed by atoms with Crippen LogP contribution in [0.1, 0.15) is 46.4 Å². The van der Waals surface area contributed by atoms with Crippen LogP contribution in [0.5, 0.6) is 0 Å². The van der Waals surface area contributed by atoms with Crippen LogP contribution >= 0.6 is 0 Å². The minimum Gasteiger partial charge on any atom is -0.355 e. The maximum Gasteiger partial charge on any atom is 0.276 e. The zero-order valence-electron chi connectivity index (χ0n) is 17.9. The highest BCUT2D eigenvalue weighted by molar-refractivity contribution is 7.91. The minimum atomic E-state index is -3.13. The van der Waals surface area contributed by atoms with Gasteiger partial charge >= 0.3 is 0 Å². The van der Waals surface area contributed by atoms with E-state index in [0.29, 0.717) is 18.7 Å². The van der Waals surface area contributed by atoms with Crippen LogP contribution in [0.4, 0.5) is 0 Å². The molecule has 0 saturated carbocycles. The van der Waals surface area contributed by atoms with Crippen LogP contribution in [0.15, 0.2) is 59.1 Å². The van der Waals surface area contributed by atoms with Gasteiger partial charge in [-0.15, -0.1) is 0 Å². The summed E-state index contributed by atoms with van der Waals surface area (Å²) in [6, 6.07) is 17.2. The van der Waals surface area contributed by atoms with Gasteiger partial charge in [0, 0.05) is 24.2 Å². The fourth-order valence-electron chi connectivity index (χ4n) is 4.71. The second-order valence-corrected chi connectivity index (χ2v) is 11.0. The third-order valence-electron chi connectivity index (χ3n) is 6.47. The fourth-order valence-corrected chi connectivity index (χ4v) is 6.44. The summed E-state index contributed by atoms with van der Waals surface area (Å²) < 4.78 is 29.7. The smallest absolute Gasteiger partial charge is 0.276 e. The second kappa shape index (κ2) is 8.54. The van der Waals surface area contributed by atoms with Gasteiger partial charge in [-0.2, -0.15) is 0 Å². The van der Waals surface area contributed by atoms with E-state index in [0.717, 1.165) is 24.0 Å². The van der Waals surface area contributed by atoms with Crippen molar-refractivity contribution in [2.75, 3.05) is 11.5 Å². The highest BCUT2D eigenvalue weighted by Crippen LogP contribution is 2.29. The van der Waals surface area contributed by atoms with E-state index in [1.807, 2.05) is 36.4 Å². The molecule has 2 heterocycles. The number of aromatic nitrogens is 1. The van der Waals surface area contributed by atoms with Crippen molar-refractivity contribution in [2.24, 2.45) is 0 Å². The van der Waals surface area contributed by atoms with Crippen molar-refractivity contribution < 1.29 is 17.7 Å². The molecule has 1 saturated heterocycles. The number of benzene rings is 2. The number of hydrogen-bond donors (Lipinski definition) is 0. The molecule has 1 fully saturated rings. The number of nitrogens with zero attached hydrogens (tertiary/aromatic N) is 2. The van der Waals surface area contributed by atoms with E-state index in [1.165, 1.54) is 24.0 Å². The van der Waals surface area contributed by atoms with Crippen molar-refractivity contribution in [3.05, 3.63) is 77.0 Å². The topological polar surface area (TPSA) is 80.5 Å². The van der Waals surface area contributed by atoms with Crippen molar-refractivity contribution in [3.8, 4) is 11.3 Å². The molecule has 1 unspecified atom stereocenters. The number of amides is 1. The first kappa shape index (κ1) is 20.9. The molecule has 0 N–H and O–H groups in total. The Hall–Kier alpha value is -2.93. The summed E-state index contributed by atoms with van der Waals surface area (Å²) in [5, 5.41) is 4.06. The first-order chi connectivity index (χ1) is 15.5. The summed E-state index contributed by atoms with van der Waals surface area (Å²) in [7, 11) is -3.13. The Morgan fingerprint density at radius 3 is 2.56 bits per heavy atom. The molecule has 1 atom stereocenters. The van der Waals surface area contributed by atoms with Crippen LogP contribution in [0.2, 0.25) is 0 Å². The lowest BCUT2D eigenvalue weighted by Gasteiger charge is -2.27. The fraction of sp³-hybridized carbons (Fsp3) is 0.360. The van der Waals surface area contributed by atoms with Gasteiger partial charge in [0.15, 0.2) is 21.3 Å². The molecule has 6 nitrogen and oxygen atoms in total. The third-order valence-corrected chi connectivity index (χ3v) is 8.22. The maximum absolute atomic E-state index is 13.4. The zero-order valence-corrected chi connectivity index (χ0v) is 18.7. The number of aryl methyl sites for hydroxylation is 2. The highest BCUT2D eigenvalue weighted by atomic mass is 32.2. The molecule has 3 aromatic rings. The number of rotatable bonds is 5. The largest absolute Gasteiger partial charge is 0.355 e. The average Bonchev–Trinajstić information content (AvgIpc) is 3.44. The molecule has 166 valence electrons. The quantitative estimate of drug-likeness (QED) is 0.586. The van der Waals surface area contributed by atoms with Crippen LogP contribution in [0.3, 0.4) is 0 Å². The van der Waals surface area contributed by atoms with Gasteiger partial charge in [-0.25, -0.2) is 8.42 Å². The molecule has 1 amide bonds. The monoisotopic (exact) mass is 450 g/mol. The SMILES string of the molecule is O=C(c1cc(-c2ccc3c(c2)CCCC3)on1)N(Cc1ccccc1)C1CCS(=O)(=O)C1. The Morgan fingerprint density at radius 1 is 1.03 bits per heavy atom. The van der Waals surface area contributed by atoms with E-state index in [-0.39, 0.29) is 29.1 Å². The zero-order chi connectivity index (χ0) is 22.1. The van der Waals surface area contributed by atoms with Gasteiger partial charge in [-0.1, -0.05) is 47.6 Å². The normalized spacial score (nSPS) is 19.4. The molecule has 0 bridgehead atoms. The first-order valence-corrected chi connectivity index (χ1v) is 12.9. The molecule has 1 aliphatic heterocycles. The van der Waals surface area contributed by atoms with E-state index in [1.54, 1.807) is 11.0 Å². The van der Waals surface area contributed by atoms with Crippen molar-refractivity contribution in [2.45, 2.75) is 44.7 Å². The molecule has 2 aliphatic rings. The van der Waals surface area contributed by atoms with E-state index in [9.17, 15) is 13.2 Å². The maximum atomic E-state index is 13.4. The number of carbonyl (C=O) groups is 1. The standard InChI is InChI=1S/C25H26N2O4S/c28-25(27(16-18-6-2-1-3-7-18)22-12-13-32(29,30)17-22)23-15-24(31-26-23)21-11-10-19-8-4-5-9-20(19)14-21/h1-3,6-7,10-11,14-15,22H,4-5,8-9,12-13,16-17H2. The third kappa shape index (κ3) is 4.35. The molecular weight excluding hydrogens is 424 g/mol. The molecule has 32 heavy (non-hydrogen) atoms. The van der Waals surface area contributed by atoms with Crippen molar-refractivity contribution >= 4 is 15.7 Å². The number of carbonyl (C=O) groups excluding carboxylic acids is 1. The van der Waals surface area contributed by atoms with E-state index in [4.69, 9.17) is 4.52 Å². The minimum absolute atomic E-state index is 0.0128. The number of sulfone groups is 1. The highest BCUT2D eigenvalue weighted by Gasteiger charge is 2.36. The molecule has 0 radical (unpaired) electrons. The van der Waals surface area contributed by atoms with E-state index in [2.05, 4.69) is 17.3 Å². The van der Waals surface area contributed by atoms with Crippen LogP contribution in [0, 0.1) is 0 Å². The van der Waals surface area contributed by atoms with Gasteiger partial charge in [0.1, 0.15) is 0 Å². The number of fused-ring (bicyclic) bond motifs is 1. The van der Waals surface area contributed by atoms with Crippen LogP contribution in [-0.4, -0.2) is 41.9 Å². The van der Waals surface area contributed by atoms with Crippen LogP contribution < -0.4 is 0 Å². The molecule has 5 rings (SSSR count). The average molecular weight is 451 g/mol. The Bertz CT molecular complexity index is 1230. The van der Waals surface area contributed by atoms with Crippen molar-refractivity contribution in [1.29, 1.82) is 0 Å². The van der Waals surface area contributed by atoms with Gasteiger partial charge in [0.05, 0.1) is 11.5 Å². The van der Waals surface area contributed by atoms with Gasteiger partial charge in [-0.3, -0.25) is 4.79 Å². The van der Waals surface area contributed by atoms with Crippen LogP contribution in [0.25, 0.3) is 11.3 Å². The van der Waals surface area contributed by atoms with Gasteiger partial charge in [0.25, 0.3) is 5.91 Å². The predicted octanol–water partition coefficient (Wildman–Crippen LogP) is 4.05. The summed E-state index contributed by atoms with van der Waals surface area (Å²) in [5.74, 6) is 0.348. The molecular formula is C25H26N2O4S. The molecule has 0 spiro atoms. The van der Waals surface area contributed by atoms with Gasteiger partial charge in [-0.05, 0) is 54.9 Å². The number of hydrogen-bond acceptors (Lipinski definition) is 5. The summed E-state index contributed by atoms with van der Waals surface area (Å²) in [4.78, 5) is 15.1. The summed E-state index contributed by atoms with van der Waals surface area (Å²) in [6.07, 6.45) is 5.02. The lowest BCUT2D eigenvalue weighted by molar-refractivity contribution is 0.0670. The summed E-state index contributed by atoms with van der Waals surface area (Å²) in [5.41, 5.74) is 4.78. The van der Waals surface area contributed by atoms with Crippen molar-refractivity contribution in [1.82, 2.24) is 10.1 Å². The Kier molecular flexibility index (Phi) is 5.59. The van der Waals surface area contributed by atoms with Crippen LogP contribution in [-0.2, 0) is 29.2 Å². The Balaban J connectivity index is 1.42. The lowest BCUT2D eigenvalue weighted by Crippen LogP contribution is -2.40. The first-order valence-electron chi connectivity index (χ1n) is 11.1. The molecule has 7 heteroatoms. The second-order valence-electron chi connectivity index (χ2n) is 8.74. The summed E-state index contributed by atoms with van der Waals surface area (Å²) in [6.45, 7) is 0.334. The van der Waals surface area contributed by atoms with Crippen molar-refractivity contribution in [3.63, 3.8) is 0 Å². The predicted molar refractivity (Wildman–Crippen MR) is 122 cm³/mol. The molecule has 1 aliphatic carbocycles. The van der Waals surface area contributed by atoms with E-state index < -0.39 is 9.84 Å². The van der Waals surface area contributed by atoms with Gasteiger partial charge in [0.2, 0.25) is 0 Å². The molecule has 2 aromatic carbocycles. The van der Waals surface area contributed by atoms with E-state index >= 15 is 0 Å². The Labute approximate surface area is 188 Å². The molecule has 1 aromatic heterocycles. The Morgan fingerprint density at radius 2 is 1.81 bits per heavy atom. The van der Waals surface area contributed by atoms with Gasteiger partial charge < -0.3 is 9.42 Å².